The number of nitrogens with zero attached hydrogens (tertiary/aromatic N) is 2. The van der Waals surface area contributed by atoms with Gasteiger partial charge in [0.1, 0.15) is 6.04 Å². The van der Waals surface area contributed by atoms with Gasteiger partial charge >= 0.3 is 5.97 Å². The van der Waals surface area contributed by atoms with Crippen LogP contribution in [0.3, 0.4) is 0 Å². The fourth-order valence-electron chi connectivity index (χ4n) is 1.84. The van der Waals surface area contributed by atoms with E-state index in [1.165, 1.54) is 7.11 Å². The normalized spacial score (nSPS) is 12.6. The lowest BCUT2D eigenvalue weighted by Crippen LogP contribution is -2.19. The van der Waals surface area contributed by atoms with Gasteiger partial charge in [-0.05, 0) is 18.6 Å². The second kappa shape index (κ2) is 4.35. The van der Waals surface area contributed by atoms with Crippen LogP contribution in [0.4, 0.5) is 0 Å². The summed E-state index contributed by atoms with van der Waals surface area (Å²) in [6, 6.07) is 7.45. The maximum atomic E-state index is 11.6. The second-order valence-corrected chi connectivity index (χ2v) is 3.59. The Balaban J connectivity index is 2.49. The van der Waals surface area contributed by atoms with Crippen molar-refractivity contribution in [3.05, 3.63) is 30.6 Å². The van der Waals surface area contributed by atoms with Gasteiger partial charge in [0.05, 0.1) is 24.5 Å². The molecule has 1 aromatic carbocycles. The first-order valence-electron chi connectivity index (χ1n) is 5.27. The number of aromatic nitrogens is 2. The molecule has 84 valence electrons. The topological polar surface area (TPSA) is 44.1 Å². The van der Waals surface area contributed by atoms with Crippen molar-refractivity contribution < 1.29 is 9.53 Å². The summed E-state index contributed by atoms with van der Waals surface area (Å²) in [4.78, 5) is 15.9. The molecular weight excluding hydrogens is 204 g/mol. The number of carbonyl (C=O) groups excluding carboxylic acids is 1. The van der Waals surface area contributed by atoms with E-state index in [1.807, 2.05) is 35.8 Å². The van der Waals surface area contributed by atoms with Crippen molar-refractivity contribution in [1.29, 1.82) is 0 Å². The van der Waals surface area contributed by atoms with E-state index in [-0.39, 0.29) is 12.0 Å². The Bertz CT molecular complexity index is 504. The molecule has 4 nitrogen and oxygen atoms in total. The highest BCUT2D eigenvalue weighted by atomic mass is 16.5. The first-order valence-corrected chi connectivity index (χ1v) is 5.27. The van der Waals surface area contributed by atoms with Crippen LogP contribution in [0, 0.1) is 0 Å². The third kappa shape index (κ3) is 1.66. The van der Waals surface area contributed by atoms with Crippen LogP contribution in [0.5, 0.6) is 0 Å². The molecule has 0 aliphatic rings. The van der Waals surface area contributed by atoms with Gasteiger partial charge in [0.25, 0.3) is 0 Å². The summed E-state index contributed by atoms with van der Waals surface area (Å²) in [7, 11) is 1.41. The molecule has 4 heteroatoms. The molecule has 1 atom stereocenters. The van der Waals surface area contributed by atoms with E-state index in [2.05, 4.69) is 4.98 Å². The fraction of sp³-hybridized carbons (Fsp3) is 0.333. The van der Waals surface area contributed by atoms with Crippen molar-refractivity contribution in [3.8, 4) is 0 Å². The average molecular weight is 218 g/mol. The number of fused-ring (bicyclic) bond motifs is 1. The van der Waals surface area contributed by atoms with E-state index in [0.29, 0.717) is 6.42 Å². The van der Waals surface area contributed by atoms with E-state index in [1.54, 1.807) is 6.33 Å². The van der Waals surface area contributed by atoms with Crippen molar-refractivity contribution in [2.45, 2.75) is 19.4 Å². The minimum atomic E-state index is -0.294. The summed E-state index contributed by atoms with van der Waals surface area (Å²) in [6.45, 7) is 1.95. The Morgan fingerprint density at radius 3 is 2.94 bits per heavy atom. The lowest BCUT2D eigenvalue weighted by molar-refractivity contribution is -0.144. The van der Waals surface area contributed by atoms with E-state index in [0.717, 1.165) is 11.0 Å². The van der Waals surface area contributed by atoms with Crippen LogP contribution in [0.1, 0.15) is 19.4 Å². The zero-order valence-corrected chi connectivity index (χ0v) is 9.38. The molecular formula is C12H14N2O2. The summed E-state index contributed by atoms with van der Waals surface area (Å²) < 4.78 is 6.65. The minimum absolute atomic E-state index is 0.231. The summed E-state index contributed by atoms with van der Waals surface area (Å²) in [6.07, 6.45) is 2.38. The Kier molecular flexibility index (Phi) is 2.90. The van der Waals surface area contributed by atoms with Gasteiger partial charge in [-0.25, -0.2) is 9.78 Å². The molecule has 16 heavy (non-hydrogen) atoms. The van der Waals surface area contributed by atoms with Gasteiger partial charge in [-0.1, -0.05) is 19.1 Å². The summed E-state index contributed by atoms with van der Waals surface area (Å²) in [5.41, 5.74) is 1.85. The average Bonchev–Trinajstić information content (AvgIpc) is 2.74. The minimum Gasteiger partial charge on any atom is -0.467 e. The van der Waals surface area contributed by atoms with E-state index in [9.17, 15) is 4.79 Å². The number of carbonyl (C=O) groups is 1. The number of para-hydroxylation sites is 2. The highest BCUT2D eigenvalue weighted by Gasteiger charge is 2.20. The van der Waals surface area contributed by atoms with Gasteiger partial charge in [0, 0.05) is 0 Å². The molecule has 0 saturated carbocycles. The second-order valence-electron chi connectivity index (χ2n) is 3.59. The number of methoxy groups -OCH3 is 1. The van der Waals surface area contributed by atoms with Crippen LogP contribution < -0.4 is 0 Å². The molecule has 2 rings (SSSR count). The molecule has 0 radical (unpaired) electrons. The number of hydrogen-bond acceptors (Lipinski definition) is 3. The third-order valence-electron chi connectivity index (χ3n) is 2.68. The maximum Gasteiger partial charge on any atom is 0.328 e. The Hall–Kier alpha value is -1.84. The van der Waals surface area contributed by atoms with E-state index in [4.69, 9.17) is 4.74 Å². The number of esters is 1. The number of hydrogen-bond donors (Lipinski definition) is 0. The fourth-order valence-corrected chi connectivity index (χ4v) is 1.84. The van der Waals surface area contributed by atoms with Gasteiger partial charge in [-0.2, -0.15) is 0 Å². The SMILES string of the molecule is CCC(C(=O)OC)n1cnc2ccccc21. The van der Waals surface area contributed by atoms with E-state index < -0.39 is 0 Å². The van der Waals surface area contributed by atoms with E-state index >= 15 is 0 Å². The largest absolute Gasteiger partial charge is 0.467 e. The quantitative estimate of drug-likeness (QED) is 0.741. The molecule has 1 aromatic heterocycles. The Morgan fingerprint density at radius 1 is 1.50 bits per heavy atom. The smallest absolute Gasteiger partial charge is 0.328 e. The molecule has 2 aromatic rings. The number of benzene rings is 1. The van der Waals surface area contributed by atoms with Crippen LogP contribution in [-0.2, 0) is 9.53 Å². The standard InChI is InChI=1S/C12H14N2O2/c1-3-10(12(15)16-2)14-8-13-9-6-4-5-7-11(9)14/h4-8,10H,3H2,1-2H3. The summed E-state index contributed by atoms with van der Waals surface area (Å²) >= 11 is 0. The molecule has 0 fully saturated rings. The van der Waals surface area contributed by atoms with Crippen LogP contribution in [0.15, 0.2) is 30.6 Å². The molecule has 0 aliphatic carbocycles. The first-order chi connectivity index (χ1) is 7.77. The monoisotopic (exact) mass is 218 g/mol. The predicted molar refractivity (Wildman–Crippen MR) is 61.1 cm³/mol. The summed E-state index contributed by atoms with van der Waals surface area (Å²) in [5, 5.41) is 0. The van der Waals surface area contributed by atoms with Gasteiger partial charge < -0.3 is 9.30 Å². The van der Waals surface area contributed by atoms with Crippen molar-refractivity contribution >= 4 is 17.0 Å². The number of ether oxygens (including phenoxy) is 1. The first kappa shape index (κ1) is 10.7. The van der Waals surface area contributed by atoms with Crippen molar-refractivity contribution in [1.82, 2.24) is 9.55 Å². The van der Waals surface area contributed by atoms with Crippen molar-refractivity contribution in [3.63, 3.8) is 0 Å². The molecule has 0 N–H and O–H groups in total. The Morgan fingerprint density at radius 2 is 2.25 bits per heavy atom. The molecule has 1 unspecified atom stereocenters. The molecule has 0 saturated heterocycles. The third-order valence-corrected chi connectivity index (χ3v) is 2.68. The zero-order chi connectivity index (χ0) is 11.5. The lowest BCUT2D eigenvalue weighted by atomic mass is 10.2. The summed E-state index contributed by atoms with van der Waals surface area (Å²) in [5.74, 6) is -0.231. The number of imidazole rings is 1. The Labute approximate surface area is 93.9 Å². The predicted octanol–water partition coefficient (Wildman–Crippen LogP) is 2.16. The van der Waals surface area contributed by atoms with Gasteiger partial charge in [0.2, 0.25) is 0 Å². The van der Waals surface area contributed by atoms with Crippen LogP contribution in [-0.4, -0.2) is 22.6 Å². The van der Waals surface area contributed by atoms with Gasteiger partial charge in [-0.15, -0.1) is 0 Å². The van der Waals surface area contributed by atoms with Crippen LogP contribution >= 0.6 is 0 Å². The van der Waals surface area contributed by atoms with Crippen LogP contribution in [0.25, 0.3) is 11.0 Å². The van der Waals surface area contributed by atoms with Crippen molar-refractivity contribution in [2.24, 2.45) is 0 Å². The van der Waals surface area contributed by atoms with Crippen molar-refractivity contribution in [2.75, 3.05) is 7.11 Å². The lowest BCUT2D eigenvalue weighted by Gasteiger charge is -2.14. The highest BCUT2D eigenvalue weighted by Crippen LogP contribution is 2.20. The zero-order valence-electron chi connectivity index (χ0n) is 9.38. The maximum absolute atomic E-state index is 11.6. The van der Waals surface area contributed by atoms with Gasteiger partial charge in [0.15, 0.2) is 0 Å². The number of rotatable bonds is 3. The highest BCUT2D eigenvalue weighted by molar-refractivity contribution is 5.80. The van der Waals surface area contributed by atoms with Gasteiger partial charge in [-0.3, -0.25) is 0 Å². The molecule has 0 amide bonds. The molecule has 1 heterocycles. The molecule has 0 aliphatic heterocycles. The molecule has 0 bridgehead atoms. The van der Waals surface area contributed by atoms with Crippen LogP contribution in [0.2, 0.25) is 0 Å². The molecule has 0 spiro atoms.